The maximum absolute atomic E-state index is 12.5. The smallest absolute Gasteiger partial charge is 0.317 e. The first-order valence-corrected chi connectivity index (χ1v) is 10.7. The molecule has 1 saturated heterocycles. The van der Waals surface area contributed by atoms with Gasteiger partial charge in [-0.3, -0.25) is 4.90 Å². The molecule has 2 heterocycles. The molecular formula is C21H23ClN4OS. The van der Waals surface area contributed by atoms with E-state index in [1.807, 2.05) is 35.2 Å². The Morgan fingerprint density at radius 2 is 1.96 bits per heavy atom. The average Bonchev–Trinajstić information content (AvgIpc) is 3.16. The quantitative estimate of drug-likeness (QED) is 0.681. The number of para-hydroxylation sites is 1. The van der Waals surface area contributed by atoms with E-state index in [4.69, 9.17) is 16.6 Å². The lowest BCUT2D eigenvalue weighted by Crippen LogP contribution is -2.52. The van der Waals surface area contributed by atoms with Crippen LogP contribution in [0, 0.1) is 0 Å². The molecule has 28 heavy (non-hydrogen) atoms. The summed E-state index contributed by atoms with van der Waals surface area (Å²) in [5.41, 5.74) is 2.07. The Morgan fingerprint density at radius 1 is 1.18 bits per heavy atom. The second-order valence-electron chi connectivity index (χ2n) is 7.01. The minimum absolute atomic E-state index is 0.0211. The average molecular weight is 415 g/mol. The second-order valence-corrected chi connectivity index (χ2v) is 8.51. The molecule has 0 unspecified atom stereocenters. The van der Waals surface area contributed by atoms with E-state index in [0.29, 0.717) is 11.6 Å². The highest BCUT2D eigenvalue weighted by Crippen LogP contribution is 2.29. The molecule has 0 radical (unpaired) electrons. The van der Waals surface area contributed by atoms with Crippen molar-refractivity contribution in [1.82, 2.24) is 20.1 Å². The SMILES string of the molecule is C[C@H](c1nc2ccccc2s1)N1CCN(C(=O)NCc2cccc(Cl)c2)CC1. The monoisotopic (exact) mass is 414 g/mol. The van der Waals surface area contributed by atoms with Gasteiger partial charge in [0.15, 0.2) is 0 Å². The Labute approximate surface area is 173 Å². The molecule has 1 aliphatic heterocycles. The predicted octanol–water partition coefficient (Wildman–Crippen LogP) is 4.54. The van der Waals surface area contributed by atoms with Crippen LogP contribution in [0.3, 0.4) is 0 Å². The van der Waals surface area contributed by atoms with Crippen molar-refractivity contribution < 1.29 is 4.79 Å². The summed E-state index contributed by atoms with van der Waals surface area (Å²) in [7, 11) is 0. The van der Waals surface area contributed by atoms with Gasteiger partial charge in [-0.1, -0.05) is 35.9 Å². The van der Waals surface area contributed by atoms with Crippen LogP contribution < -0.4 is 5.32 Å². The normalized spacial score (nSPS) is 16.3. The molecule has 1 aromatic heterocycles. The van der Waals surface area contributed by atoms with Crippen molar-refractivity contribution >= 4 is 39.2 Å². The highest BCUT2D eigenvalue weighted by molar-refractivity contribution is 7.18. The van der Waals surface area contributed by atoms with Crippen molar-refractivity contribution in [3.05, 3.63) is 64.1 Å². The summed E-state index contributed by atoms with van der Waals surface area (Å²) < 4.78 is 1.23. The Kier molecular flexibility index (Phi) is 5.80. The highest BCUT2D eigenvalue weighted by atomic mass is 35.5. The third kappa shape index (κ3) is 4.29. The summed E-state index contributed by atoms with van der Waals surface area (Å²) in [5.74, 6) is 0. The van der Waals surface area contributed by atoms with Crippen LogP contribution in [0.2, 0.25) is 5.02 Å². The van der Waals surface area contributed by atoms with E-state index in [0.717, 1.165) is 42.3 Å². The number of piperazine rings is 1. The number of rotatable bonds is 4. The Balaban J connectivity index is 1.30. The van der Waals surface area contributed by atoms with Gasteiger partial charge in [0.1, 0.15) is 5.01 Å². The second kappa shape index (κ2) is 8.47. The van der Waals surface area contributed by atoms with E-state index in [1.165, 1.54) is 4.70 Å². The molecule has 1 atom stereocenters. The summed E-state index contributed by atoms with van der Waals surface area (Å²) >= 11 is 7.75. The van der Waals surface area contributed by atoms with E-state index >= 15 is 0 Å². The van der Waals surface area contributed by atoms with Crippen LogP contribution in [0.1, 0.15) is 23.5 Å². The molecule has 2 aromatic carbocycles. The fraction of sp³-hybridized carbons (Fsp3) is 0.333. The van der Waals surface area contributed by atoms with Gasteiger partial charge in [-0.05, 0) is 36.8 Å². The highest BCUT2D eigenvalue weighted by Gasteiger charge is 2.26. The third-order valence-electron chi connectivity index (χ3n) is 5.15. The van der Waals surface area contributed by atoms with E-state index in [1.54, 1.807) is 11.3 Å². The number of nitrogens with one attached hydrogen (secondary N) is 1. The van der Waals surface area contributed by atoms with Crippen molar-refractivity contribution in [3.8, 4) is 0 Å². The minimum Gasteiger partial charge on any atom is -0.334 e. The van der Waals surface area contributed by atoms with Gasteiger partial charge in [-0.15, -0.1) is 11.3 Å². The van der Waals surface area contributed by atoms with Gasteiger partial charge in [-0.2, -0.15) is 0 Å². The Hall–Kier alpha value is -2.15. The first kappa shape index (κ1) is 19.2. The molecule has 1 aliphatic rings. The van der Waals surface area contributed by atoms with Gasteiger partial charge in [0.25, 0.3) is 0 Å². The number of fused-ring (bicyclic) bond motifs is 1. The van der Waals surface area contributed by atoms with E-state index in [2.05, 4.69) is 35.3 Å². The molecule has 146 valence electrons. The van der Waals surface area contributed by atoms with Gasteiger partial charge in [0, 0.05) is 37.7 Å². The fourth-order valence-corrected chi connectivity index (χ4v) is 4.74. The van der Waals surface area contributed by atoms with E-state index < -0.39 is 0 Å². The molecule has 1 fully saturated rings. The molecule has 3 aromatic rings. The van der Waals surface area contributed by atoms with Crippen molar-refractivity contribution in [3.63, 3.8) is 0 Å². The van der Waals surface area contributed by atoms with Gasteiger partial charge in [0.05, 0.1) is 16.3 Å². The van der Waals surface area contributed by atoms with E-state index in [-0.39, 0.29) is 12.1 Å². The molecule has 0 saturated carbocycles. The Morgan fingerprint density at radius 3 is 2.71 bits per heavy atom. The van der Waals surface area contributed by atoms with Crippen molar-refractivity contribution in [2.45, 2.75) is 19.5 Å². The first-order valence-electron chi connectivity index (χ1n) is 9.47. The number of nitrogens with zero attached hydrogens (tertiary/aromatic N) is 3. The summed E-state index contributed by atoms with van der Waals surface area (Å²) in [5, 5.41) is 4.81. The van der Waals surface area contributed by atoms with Crippen LogP contribution in [0.5, 0.6) is 0 Å². The molecular weight excluding hydrogens is 392 g/mol. The van der Waals surface area contributed by atoms with Crippen LogP contribution in [-0.4, -0.2) is 47.0 Å². The zero-order valence-electron chi connectivity index (χ0n) is 15.8. The summed E-state index contributed by atoms with van der Waals surface area (Å²) in [6.07, 6.45) is 0. The lowest BCUT2D eigenvalue weighted by atomic mass is 10.2. The third-order valence-corrected chi connectivity index (χ3v) is 6.59. The zero-order chi connectivity index (χ0) is 19.5. The molecule has 2 amide bonds. The van der Waals surface area contributed by atoms with Crippen LogP contribution in [0.4, 0.5) is 4.79 Å². The van der Waals surface area contributed by atoms with Crippen LogP contribution in [0.25, 0.3) is 10.2 Å². The van der Waals surface area contributed by atoms with Crippen LogP contribution in [0.15, 0.2) is 48.5 Å². The summed E-state index contributed by atoms with van der Waals surface area (Å²) in [6, 6.07) is 16.1. The van der Waals surface area contributed by atoms with Gasteiger partial charge in [0.2, 0.25) is 0 Å². The van der Waals surface area contributed by atoms with Gasteiger partial charge < -0.3 is 10.2 Å². The number of urea groups is 1. The van der Waals surface area contributed by atoms with E-state index in [9.17, 15) is 4.79 Å². The maximum Gasteiger partial charge on any atom is 0.317 e. The molecule has 0 spiro atoms. The Bertz CT molecular complexity index is 935. The fourth-order valence-electron chi connectivity index (χ4n) is 3.47. The van der Waals surface area contributed by atoms with Crippen molar-refractivity contribution in [2.24, 2.45) is 0 Å². The van der Waals surface area contributed by atoms with Gasteiger partial charge in [-0.25, -0.2) is 9.78 Å². The molecule has 0 bridgehead atoms. The number of hydrogen-bond acceptors (Lipinski definition) is 4. The minimum atomic E-state index is -0.0211. The molecule has 7 heteroatoms. The standard InChI is InChI=1S/C21H23ClN4OS/c1-15(20-24-18-7-2-3-8-19(18)28-20)25-9-11-26(12-10-25)21(27)23-14-16-5-4-6-17(22)13-16/h2-8,13,15H,9-12,14H2,1H3,(H,23,27)/t15-/m1/s1. The number of aromatic nitrogens is 1. The largest absolute Gasteiger partial charge is 0.334 e. The number of thiazole rings is 1. The number of hydrogen-bond donors (Lipinski definition) is 1. The zero-order valence-corrected chi connectivity index (χ0v) is 17.3. The van der Waals surface area contributed by atoms with Crippen molar-refractivity contribution in [1.29, 1.82) is 0 Å². The summed E-state index contributed by atoms with van der Waals surface area (Å²) in [6.45, 7) is 5.82. The number of amides is 2. The van der Waals surface area contributed by atoms with Gasteiger partial charge >= 0.3 is 6.03 Å². The maximum atomic E-state index is 12.5. The number of carbonyl (C=O) groups is 1. The number of benzene rings is 2. The number of carbonyl (C=O) groups excluding carboxylic acids is 1. The van der Waals surface area contributed by atoms with Crippen molar-refractivity contribution in [2.75, 3.05) is 26.2 Å². The number of halogens is 1. The summed E-state index contributed by atoms with van der Waals surface area (Å²) in [4.78, 5) is 21.5. The lowest BCUT2D eigenvalue weighted by molar-refractivity contribution is 0.114. The first-order chi connectivity index (χ1) is 13.6. The lowest BCUT2D eigenvalue weighted by Gasteiger charge is -2.37. The molecule has 0 aliphatic carbocycles. The molecule has 1 N–H and O–H groups in total. The van der Waals surface area contributed by atoms with Crippen LogP contribution >= 0.6 is 22.9 Å². The molecule has 4 rings (SSSR count). The van der Waals surface area contributed by atoms with Crippen LogP contribution in [-0.2, 0) is 6.54 Å². The topological polar surface area (TPSA) is 48.5 Å². The predicted molar refractivity (Wildman–Crippen MR) is 115 cm³/mol. The molecule has 5 nitrogen and oxygen atoms in total.